The number of aliphatic carboxylic acids is 2. The van der Waals surface area contributed by atoms with E-state index in [2.05, 4.69) is 4.99 Å². The molecule has 0 aromatic rings. The molecule has 0 aliphatic carbocycles. The number of carboxylic acids is 2. The second kappa shape index (κ2) is 12.0. The number of guanidine groups is 1. The predicted molar refractivity (Wildman–Crippen MR) is 38.8 cm³/mol. The van der Waals surface area contributed by atoms with Crippen LogP contribution in [0.2, 0.25) is 0 Å². The molecule has 15 heavy (non-hydrogen) atoms. The van der Waals surface area contributed by atoms with E-state index < -0.39 is 30.4 Å². The third kappa shape index (κ3) is 13.4. The fraction of sp³-hybridized carbons (Fsp3) is 0.500. The van der Waals surface area contributed by atoms with Crippen LogP contribution in [0.4, 0.5) is 0 Å². The molecule has 0 radical (unpaired) electrons. The van der Waals surface area contributed by atoms with Crippen LogP contribution >= 0.6 is 0 Å². The fourth-order valence-electron chi connectivity index (χ4n) is 0.670. The summed E-state index contributed by atoms with van der Waals surface area (Å²) in [5.74, 6) is -3.31. The van der Waals surface area contributed by atoms with E-state index in [0.717, 1.165) is 0 Å². The monoisotopic (exact) mass is 265 g/mol. The third-order valence-corrected chi connectivity index (χ3v) is 1.20. The Morgan fingerprint density at radius 2 is 1.67 bits per heavy atom. The maximum absolute atomic E-state index is 10.3. The van der Waals surface area contributed by atoms with Crippen molar-refractivity contribution >= 4 is 17.9 Å². The molecule has 1 atom stereocenters. The van der Waals surface area contributed by atoms with Crippen LogP contribution in [-0.4, -0.2) is 23.9 Å². The normalized spacial score (nSPS) is 10.1. The minimum atomic E-state index is -1.52. The summed E-state index contributed by atoms with van der Waals surface area (Å²) in [5, 5.41) is 20.3. The summed E-state index contributed by atoms with van der Waals surface area (Å²) in [5.41, 5.74) is 9.82. The van der Waals surface area contributed by atoms with Crippen molar-refractivity contribution in [1.82, 2.24) is 0 Å². The van der Waals surface area contributed by atoms with E-state index in [1.165, 1.54) is 0 Å². The molecule has 0 fully saturated rings. The van der Waals surface area contributed by atoms with Crippen LogP contribution < -0.4 is 124 Å². The van der Waals surface area contributed by atoms with E-state index in [4.69, 9.17) is 11.5 Å². The maximum atomic E-state index is 10.3. The molecule has 0 aromatic heterocycles. The Labute approximate surface area is 172 Å². The average Bonchev–Trinajstić information content (AvgIpc) is 1.96. The van der Waals surface area contributed by atoms with Crippen LogP contribution in [0.1, 0.15) is 12.8 Å². The van der Waals surface area contributed by atoms with E-state index >= 15 is 0 Å². The molecule has 74 valence electrons. The van der Waals surface area contributed by atoms with Gasteiger partial charge in [0.2, 0.25) is 0 Å². The number of nitrogens with two attached hydrogens (primary N) is 2. The van der Waals surface area contributed by atoms with Gasteiger partial charge in [0.1, 0.15) is 0 Å². The summed E-state index contributed by atoms with van der Waals surface area (Å²) in [6.07, 6.45) is -0.683. The summed E-state index contributed by atoms with van der Waals surface area (Å²) in [6.45, 7) is 0. The molecule has 9 heteroatoms. The van der Waals surface area contributed by atoms with Crippen LogP contribution in [-0.2, 0) is 9.59 Å². The standard InChI is InChI=1S/C6H11N3O4.2K/c7-6(8)9-3(5(12)13)1-2-4(10)11;;/h3H,1-2H2,(H,10,11)(H,12,13)(H4,7,8,9);;/q;2*+1/p-2. The zero-order chi connectivity index (χ0) is 10.4. The van der Waals surface area contributed by atoms with Crippen molar-refractivity contribution in [2.75, 3.05) is 0 Å². The van der Waals surface area contributed by atoms with Gasteiger partial charge in [0.15, 0.2) is 5.96 Å². The first kappa shape index (κ1) is 21.7. The van der Waals surface area contributed by atoms with Crippen LogP contribution in [0.15, 0.2) is 4.99 Å². The van der Waals surface area contributed by atoms with E-state index in [1.54, 1.807) is 0 Å². The van der Waals surface area contributed by atoms with Gasteiger partial charge in [0, 0.05) is 5.97 Å². The molecule has 0 rings (SSSR count). The van der Waals surface area contributed by atoms with E-state index in [9.17, 15) is 19.8 Å². The van der Waals surface area contributed by atoms with Gasteiger partial charge < -0.3 is 31.3 Å². The molecule has 1 unspecified atom stereocenters. The Kier molecular flexibility index (Phi) is 17.3. The molecular formula is C6H9K2N3O4. The van der Waals surface area contributed by atoms with Gasteiger partial charge in [-0.15, -0.1) is 0 Å². The van der Waals surface area contributed by atoms with E-state index in [1.807, 2.05) is 0 Å². The van der Waals surface area contributed by atoms with Crippen LogP contribution in [0.3, 0.4) is 0 Å². The van der Waals surface area contributed by atoms with Crippen molar-refractivity contribution < 1.29 is 123 Å². The number of hydrogen-bond donors (Lipinski definition) is 2. The molecule has 0 heterocycles. The number of hydrogen-bond acceptors (Lipinski definition) is 5. The number of carbonyl (C=O) groups excluding carboxylic acids is 2. The summed E-state index contributed by atoms with van der Waals surface area (Å²) in [4.78, 5) is 23.5. The SMILES string of the molecule is NC(N)=NC(CCC(=O)[O-])C(=O)[O-].[K+].[K+]. The van der Waals surface area contributed by atoms with Gasteiger partial charge in [-0.2, -0.15) is 0 Å². The first-order valence-corrected chi connectivity index (χ1v) is 3.43. The van der Waals surface area contributed by atoms with Gasteiger partial charge in [-0.1, -0.05) is 0 Å². The molecule has 0 saturated heterocycles. The number of aliphatic imine (C=N–C) groups is 1. The summed E-state index contributed by atoms with van der Waals surface area (Å²) in [6, 6.07) is -1.33. The number of carbonyl (C=O) groups is 2. The average molecular weight is 265 g/mol. The third-order valence-electron chi connectivity index (χ3n) is 1.20. The van der Waals surface area contributed by atoms with Crippen LogP contribution in [0, 0.1) is 0 Å². The molecule has 0 bridgehead atoms. The predicted octanol–water partition coefficient (Wildman–Crippen LogP) is -10.1. The molecule has 7 nitrogen and oxygen atoms in total. The number of rotatable bonds is 5. The second-order valence-electron chi connectivity index (χ2n) is 2.30. The number of carboxylic acid groups (broad SMARTS) is 2. The number of nitrogens with zero attached hydrogens (tertiary/aromatic N) is 1. The largest absolute Gasteiger partial charge is 1.00 e. The van der Waals surface area contributed by atoms with Crippen molar-refractivity contribution in [2.45, 2.75) is 18.9 Å². The molecule has 0 saturated carbocycles. The Morgan fingerprint density at radius 3 is 1.93 bits per heavy atom. The van der Waals surface area contributed by atoms with Crippen molar-refractivity contribution in [2.24, 2.45) is 16.5 Å². The Balaban J connectivity index is -0.000000720. The Hall–Kier alpha value is 1.48. The Bertz CT molecular complexity index is 243. The first-order valence-electron chi connectivity index (χ1n) is 3.43. The zero-order valence-electron chi connectivity index (χ0n) is 8.73. The molecule has 0 spiro atoms. The smallest absolute Gasteiger partial charge is 0.550 e. The topological polar surface area (TPSA) is 145 Å². The van der Waals surface area contributed by atoms with Crippen molar-refractivity contribution in [3.8, 4) is 0 Å². The van der Waals surface area contributed by atoms with Gasteiger partial charge in [-0.3, -0.25) is 0 Å². The quantitative estimate of drug-likeness (QED) is 0.287. The van der Waals surface area contributed by atoms with Gasteiger partial charge in [0.05, 0.1) is 12.0 Å². The second-order valence-corrected chi connectivity index (χ2v) is 2.30. The first-order chi connectivity index (χ1) is 5.93. The van der Waals surface area contributed by atoms with E-state index in [-0.39, 0.29) is 109 Å². The molecule has 0 aliphatic heterocycles. The Morgan fingerprint density at radius 1 is 1.20 bits per heavy atom. The molecule has 4 N–H and O–H groups in total. The van der Waals surface area contributed by atoms with Crippen molar-refractivity contribution in [1.29, 1.82) is 0 Å². The molecule has 0 amide bonds. The molecular weight excluding hydrogens is 256 g/mol. The van der Waals surface area contributed by atoms with Crippen molar-refractivity contribution in [3.63, 3.8) is 0 Å². The van der Waals surface area contributed by atoms with Gasteiger partial charge in [-0.05, 0) is 12.8 Å². The summed E-state index contributed by atoms with van der Waals surface area (Å²) < 4.78 is 0. The van der Waals surface area contributed by atoms with Crippen molar-refractivity contribution in [3.05, 3.63) is 0 Å². The minimum Gasteiger partial charge on any atom is -0.550 e. The van der Waals surface area contributed by atoms with Crippen LogP contribution in [0.5, 0.6) is 0 Å². The molecule has 0 aromatic carbocycles. The minimum absolute atomic E-state index is 0. The van der Waals surface area contributed by atoms with Gasteiger partial charge >= 0.3 is 103 Å². The zero-order valence-corrected chi connectivity index (χ0v) is 15.0. The van der Waals surface area contributed by atoms with Crippen LogP contribution in [0.25, 0.3) is 0 Å². The fourth-order valence-corrected chi connectivity index (χ4v) is 0.670. The summed E-state index contributed by atoms with van der Waals surface area (Å²) >= 11 is 0. The van der Waals surface area contributed by atoms with Gasteiger partial charge in [-0.25, -0.2) is 4.99 Å². The molecule has 0 aliphatic rings. The summed E-state index contributed by atoms with van der Waals surface area (Å²) in [7, 11) is 0. The van der Waals surface area contributed by atoms with Gasteiger partial charge in [0.25, 0.3) is 0 Å². The van der Waals surface area contributed by atoms with E-state index in [0.29, 0.717) is 0 Å². The maximum Gasteiger partial charge on any atom is 1.00 e.